The van der Waals surface area contributed by atoms with Gasteiger partial charge < -0.3 is 5.73 Å². The second-order valence-corrected chi connectivity index (χ2v) is 6.15. The Kier molecular flexibility index (Phi) is 3.86. The smallest absolute Gasteiger partial charge is 0.131 e. The Balaban J connectivity index is 2.24. The van der Waals surface area contributed by atoms with E-state index in [0.717, 1.165) is 26.1 Å². The molecule has 0 amide bonds. The summed E-state index contributed by atoms with van der Waals surface area (Å²) in [6.07, 6.45) is 1.74. The Labute approximate surface area is 141 Å². The molecule has 0 fully saturated rings. The maximum Gasteiger partial charge on any atom is 0.131 e. The van der Waals surface area contributed by atoms with E-state index in [9.17, 15) is 0 Å². The van der Waals surface area contributed by atoms with E-state index in [1.54, 1.807) is 10.9 Å². The van der Waals surface area contributed by atoms with Crippen molar-refractivity contribution in [2.75, 3.05) is 5.73 Å². The Hall–Kier alpha value is -1.60. The second-order valence-electron chi connectivity index (χ2n) is 4.58. The van der Waals surface area contributed by atoms with Crippen LogP contribution in [0.5, 0.6) is 0 Å². The lowest BCUT2D eigenvalue weighted by Gasteiger charge is -2.04. The number of aryl methyl sites for hydroxylation is 1. The van der Waals surface area contributed by atoms with Crippen LogP contribution >= 0.6 is 34.2 Å². The van der Waals surface area contributed by atoms with Crippen LogP contribution in [0.3, 0.4) is 0 Å². The minimum Gasteiger partial charge on any atom is -0.383 e. The Morgan fingerprint density at radius 1 is 1.24 bits per heavy atom. The van der Waals surface area contributed by atoms with Crippen molar-refractivity contribution in [2.24, 2.45) is 7.05 Å². The number of halogens is 2. The minimum atomic E-state index is 0.582. The molecule has 1 aromatic carbocycles. The molecule has 0 spiro atoms. The third-order valence-electron chi connectivity index (χ3n) is 3.21. The van der Waals surface area contributed by atoms with Crippen LogP contribution in [0.2, 0.25) is 5.02 Å². The summed E-state index contributed by atoms with van der Waals surface area (Å²) >= 11 is 8.42. The average Bonchev–Trinajstić information content (AvgIpc) is 2.79. The third-order valence-corrected chi connectivity index (χ3v) is 4.78. The van der Waals surface area contributed by atoms with Gasteiger partial charge in [-0.2, -0.15) is 5.10 Å². The highest BCUT2D eigenvalue weighted by Gasteiger charge is 2.18. The van der Waals surface area contributed by atoms with Crippen LogP contribution in [-0.2, 0) is 7.05 Å². The average molecular weight is 411 g/mol. The molecule has 3 aromatic rings. The first-order valence-electron chi connectivity index (χ1n) is 6.27. The summed E-state index contributed by atoms with van der Waals surface area (Å²) in [5, 5.41) is 5.22. The summed E-state index contributed by atoms with van der Waals surface area (Å²) in [5.74, 6) is 0.582. The molecule has 2 heterocycles. The van der Waals surface area contributed by atoms with E-state index in [1.807, 2.05) is 43.4 Å². The standard InChI is InChI=1S/C15H12ClIN4/c1-21-15(18)13(12-4-2-3-7-19-12)14(20-21)9-5-6-11(17)10(16)8-9/h2-8H,18H2,1H3. The van der Waals surface area contributed by atoms with Crippen molar-refractivity contribution in [1.82, 2.24) is 14.8 Å². The summed E-state index contributed by atoms with van der Waals surface area (Å²) in [7, 11) is 1.82. The van der Waals surface area contributed by atoms with Gasteiger partial charge in [0, 0.05) is 22.4 Å². The lowest BCUT2D eigenvalue weighted by atomic mass is 10.0. The molecule has 3 rings (SSSR count). The maximum atomic E-state index is 6.22. The number of benzene rings is 1. The van der Waals surface area contributed by atoms with Crippen molar-refractivity contribution in [3.05, 3.63) is 51.2 Å². The molecule has 0 bridgehead atoms. The third kappa shape index (κ3) is 2.63. The van der Waals surface area contributed by atoms with Gasteiger partial charge in [-0.3, -0.25) is 9.67 Å². The molecule has 0 saturated heterocycles. The molecule has 0 aliphatic rings. The lowest BCUT2D eigenvalue weighted by molar-refractivity contribution is 0.782. The van der Waals surface area contributed by atoms with Gasteiger partial charge in [-0.1, -0.05) is 23.7 Å². The molecule has 6 heteroatoms. The van der Waals surface area contributed by atoms with Gasteiger partial charge in [0.25, 0.3) is 0 Å². The number of nitrogens with two attached hydrogens (primary N) is 1. The van der Waals surface area contributed by atoms with E-state index in [1.165, 1.54) is 0 Å². The topological polar surface area (TPSA) is 56.7 Å². The number of hydrogen-bond acceptors (Lipinski definition) is 3. The number of hydrogen-bond donors (Lipinski definition) is 1. The SMILES string of the molecule is Cn1nc(-c2ccc(I)c(Cl)c2)c(-c2ccccn2)c1N. The molecule has 0 atom stereocenters. The Bertz CT molecular complexity index is 799. The predicted molar refractivity (Wildman–Crippen MR) is 94.0 cm³/mol. The van der Waals surface area contributed by atoms with Crippen molar-refractivity contribution in [3.63, 3.8) is 0 Å². The number of pyridine rings is 1. The molecule has 0 unspecified atom stereocenters. The van der Waals surface area contributed by atoms with Gasteiger partial charge >= 0.3 is 0 Å². The normalized spacial score (nSPS) is 10.8. The number of anilines is 1. The fourth-order valence-electron chi connectivity index (χ4n) is 2.15. The molecule has 106 valence electrons. The van der Waals surface area contributed by atoms with Crippen molar-refractivity contribution in [1.29, 1.82) is 0 Å². The van der Waals surface area contributed by atoms with Gasteiger partial charge in [-0.25, -0.2) is 0 Å². The Morgan fingerprint density at radius 2 is 2.05 bits per heavy atom. The molecule has 21 heavy (non-hydrogen) atoms. The fourth-order valence-corrected chi connectivity index (χ4v) is 2.66. The van der Waals surface area contributed by atoms with Gasteiger partial charge in [-0.05, 0) is 46.9 Å². The van der Waals surface area contributed by atoms with Gasteiger partial charge in [0.05, 0.1) is 16.3 Å². The highest BCUT2D eigenvalue weighted by molar-refractivity contribution is 14.1. The number of nitrogens with zero attached hydrogens (tertiary/aromatic N) is 3. The zero-order chi connectivity index (χ0) is 15.0. The summed E-state index contributed by atoms with van der Waals surface area (Å²) in [4.78, 5) is 4.38. The van der Waals surface area contributed by atoms with Crippen molar-refractivity contribution >= 4 is 40.0 Å². The van der Waals surface area contributed by atoms with E-state index < -0.39 is 0 Å². The zero-order valence-electron chi connectivity index (χ0n) is 11.2. The first-order valence-corrected chi connectivity index (χ1v) is 7.73. The van der Waals surface area contributed by atoms with E-state index in [-0.39, 0.29) is 0 Å². The largest absolute Gasteiger partial charge is 0.383 e. The molecule has 0 aliphatic heterocycles. The van der Waals surface area contributed by atoms with Crippen molar-refractivity contribution in [2.45, 2.75) is 0 Å². The van der Waals surface area contributed by atoms with Crippen molar-refractivity contribution < 1.29 is 0 Å². The molecular weight excluding hydrogens is 399 g/mol. The molecule has 2 aromatic heterocycles. The first-order chi connectivity index (χ1) is 10.1. The van der Waals surface area contributed by atoms with Crippen LogP contribution < -0.4 is 5.73 Å². The molecule has 0 radical (unpaired) electrons. The van der Waals surface area contributed by atoms with Gasteiger partial charge in [0.2, 0.25) is 0 Å². The molecule has 0 saturated carbocycles. The first kappa shape index (κ1) is 14.3. The highest BCUT2D eigenvalue weighted by atomic mass is 127. The molecular formula is C15H12ClIN4. The van der Waals surface area contributed by atoms with Crippen LogP contribution in [0.15, 0.2) is 42.6 Å². The minimum absolute atomic E-state index is 0.582. The summed E-state index contributed by atoms with van der Waals surface area (Å²) in [6.45, 7) is 0. The maximum absolute atomic E-state index is 6.22. The lowest BCUT2D eigenvalue weighted by Crippen LogP contribution is -1.98. The number of nitrogen functional groups attached to an aromatic ring is 1. The van der Waals surface area contributed by atoms with Crippen LogP contribution in [-0.4, -0.2) is 14.8 Å². The summed E-state index contributed by atoms with van der Waals surface area (Å²) in [6, 6.07) is 11.6. The van der Waals surface area contributed by atoms with Crippen LogP contribution in [0.25, 0.3) is 22.5 Å². The zero-order valence-corrected chi connectivity index (χ0v) is 14.1. The number of aromatic nitrogens is 3. The van der Waals surface area contributed by atoms with E-state index in [0.29, 0.717) is 10.8 Å². The summed E-state index contributed by atoms with van der Waals surface area (Å²) < 4.78 is 2.66. The highest BCUT2D eigenvalue weighted by Crippen LogP contribution is 2.36. The second kappa shape index (κ2) is 5.65. The Morgan fingerprint density at radius 3 is 2.71 bits per heavy atom. The molecule has 0 aliphatic carbocycles. The number of rotatable bonds is 2. The van der Waals surface area contributed by atoms with Crippen LogP contribution in [0.4, 0.5) is 5.82 Å². The monoisotopic (exact) mass is 410 g/mol. The van der Waals surface area contributed by atoms with Crippen LogP contribution in [0, 0.1) is 3.57 Å². The van der Waals surface area contributed by atoms with Gasteiger partial charge in [-0.15, -0.1) is 0 Å². The quantitative estimate of drug-likeness (QED) is 0.650. The van der Waals surface area contributed by atoms with E-state index in [2.05, 4.69) is 32.7 Å². The van der Waals surface area contributed by atoms with Crippen molar-refractivity contribution in [3.8, 4) is 22.5 Å². The molecule has 2 N–H and O–H groups in total. The van der Waals surface area contributed by atoms with E-state index in [4.69, 9.17) is 17.3 Å². The van der Waals surface area contributed by atoms with Gasteiger partial charge in [0.1, 0.15) is 11.5 Å². The molecule has 4 nitrogen and oxygen atoms in total. The van der Waals surface area contributed by atoms with Gasteiger partial charge in [0.15, 0.2) is 0 Å². The van der Waals surface area contributed by atoms with E-state index >= 15 is 0 Å². The fraction of sp³-hybridized carbons (Fsp3) is 0.0667. The summed E-state index contributed by atoms with van der Waals surface area (Å²) in [5.41, 5.74) is 9.50. The predicted octanol–water partition coefficient (Wildman–Crippen LogP) is 3.99. The van der Waals surface area contributed by atoms with Crippen LogP contribution in [0.1, 0.15) is 0 Å².